The van der Waals surface area contributed by atoms with E-state index in [1.54, 1.807) is 19.3 Å². The van der Waals surface area contributed by atoms with Gasteiger partial charge in [-0.15, -0.1) is 0 Å². The summed E-state index contributed by atoms with van der Waals surface area (Å²) in [5.74, 6) is 0.900. The van der Waals surface area contributed by atoms with E-state index in [0.29, 0.717) is 35.9 Å². The zero-order chi connectivity index (χ0) is 21.1. The molecule has 8 heteroatoms. The molecule has 152 valence electrons. The van der Waals surface area contributed by atoms with Crippen LogP contribution in [0.1, 0.15) is 27.9 Å². The lowest BCUT2D eigenvalue weighted by Gasteiger charge is -2.18. The number of carbonyl (C=O) groups excluding carboxylic acids is 2. The molecule has 8 nitrogen and oxygen atoms in total. The smallest absolute Gasteiger partial charge is 0.253 e. The highest BCUT2D eigenvalue weighted by Crippen LogP contribution is 2.28. The fourth-order valence-corrected chi connectivity index (χ4v) is 3.27. The Morgan fingerprint density at radius 2 is 1.93 bits per heavy atom. The average Bonchev–Trinajstić information content (AvgIpc) is 2.76. The van der Waals surface area contributed by atoms with E-state index in [9.17, 15) is 9.59 Å². The molecule has 4 rings (SSSR count). The van der Waals surface area contributed by atoms with E-state index < -0.39 is 0 Å². The minimum absolute atomic E-state index is 0.0397. The Labute approximate surface area is 174 Å². The molecule has 0 fully saturated rings. The van der Waals surface area contributed by atoms with Crippen molar-refractivity contribution in [3.63, 3.8) is 0 Å². The van der Waals surface area contributed by atoms with Gasteiger partial charge in [0.15, 0.2) is 0 Å². The third-order valence-corrected chi connectivity index (χ3v) is 4.88. The van der Waals surface area contributed by atoms with E-state index in [1.807, 2.05) is 43.3 Å². The number of aryl methyl sites for hydroxylation is 2. The number of aromatic nitrogens is 2. The molecule has 30 heavy (non-hydrogen) atoms. The van der Waals surface area contributed by atoms with Gasteiger partial charge in [-0.25, -0.2) is 4.98 Å². The van der Waals surface area contributed by atoms with Gasteiger partial charge < -0.3 is 21.3 Å². The maximum atomic E-state index is 12.1. The first-order valence-corrected chi connectivity index (χ1v) is 9.65. The molecule has 0 spiro atoms. The SMILES string of the molecule is CNC(=O)c1ccccc1Nc1nc(Nc2ccc3c(c2)CCC(=O)N3)ncc1C. The van der Waals surface area contributed by atoms with Crippen LogP contribution in [0.5, 0.6) is 0 Å². The van der Waals surface area contributed by atoms with Gasteiger partial charge in [-0.2, -0.15) is 4.98 Å². The van der Waals surface area contributed by atoms with Crippen molar-refractivity contribution in [3.8, 4) is 0 Å². The van der Waals surface area contributed by atoms with E-state index in [0.717, 1.165) is 22.5 Å². The van der Waals surface area contributed by atoms with Crippen molar-refractivity contribution in [1.29, 1.82) is 0 Å². The van der Waals surface area contributed by atoms with Crippen molar-refractivity contribution < 1.29 is 9.59 Å². The second kappa shape index (κ2) is 8.20. The zero-order valence-corrected chi connectivity index (χ0v) is 16.7. The Balaban J connectivity index is 1.57. The van der Waals surface area contributed by atoms with E-state index in [1.165, 1.54) is 0 Å². The normalized spacial score (nSPS) is 12.5. The molecule has 0 unspecified atom stereocenters. The van der Waals surface area contributed by atoms with E-state index >= 15 is 0 Å². The minimum atomic E-state index is -0.177. The van der Waals surface area contributed by atoms with Crippen LogP contribution in [-0.2, 0) is 11.2 Å². The van der Waals surface area contributed by atoms with E-state index in [4.69, 9.17) is 0 Å². The molecular formula is C22H22N6O2. The lowest BCUT2D eigenvalue weighted by Crippen LogP contribution is -2.19. The summed E-state index contributed by atoms with van der Waals surface area (Å²) in [5.41, 5.74) is 4.80. The van der Waals surface area contributed by atoms with Crippen molar-refractivity contribution in [3.05, 3.63) is 65.4 Å². The van der Waals surface area contributed by atoms with Gasteiger partial charge in [-0.3, -0.25) is 9.59 Å². The van der Waals surface area contributed by atoms with Crippen LogP contribution in [-0.4, -0.2) is 28.8 Å². The first-order valence-electron chi connectivity index (χ1n) is 9.65. The molecule has 3 aromatic rings. The highest BCUT2D eigenvalue weighted by molar-refractivity contribution is 6.00. The Morgan fingerprint density at radius 3 is 2.77 bits per heavy atom. The molecule has 0 saturated heterocycles. The first kappa shape index (κ1) is 19.4. The second-order valence-electron chi connectivity index (χ2n) is 7.02. The number of rotatable bonds is 5. The molecule has 0 radical (unpaired) electrons. The van der Waals surface area contributed by atoms with E-state index in [2.05, 4.69) is 31.2 Å². The molecule has 2 aromatic carbocycles. The highest BCUT2D eigenvalue weighted by atomic mass is 16.2. The quantitative estimate of drug-likeness (QED) is 0.520. The molecule has 0 saturated carbocycles. The van der Waals surface area contributed by atoms with Crippen molar-refractivity contribution in [1.82, 2.24) is 15.3 Å². The van der Waals surface area contributed by atoms with Gasteiger partial charge >= 0.3 is 0 Å². The largest absolute Gasteiger partial charge is 0.355 e. The number of amides is 2. The molecule has 0 aliphatic carbocycles. The lowest BCUT2D eigenvalue weighted by atomic mass is 10.0. The number of fused-ring (bicyclic) bond motifs is 1. The lowest BCUT2D eigenvalue weighted by molar-refractivity contribution is -0.116. The monoisotopic (exact) mass is 402 g/mol. The standard InChI is InChI=1S/C22H22N6O2/c1-13-12-24-22(25-15-8-9-17-14(11-15)7-10-19(29)26-17)28-20(13)27-18-6-4-3-5-16(18)21(30)23-2/h3-6,8-9,11-12H,7,10H2,1-2H3,(H,23,30)(H,26,29)(H2,24,25,27,28). The summed E-state index contributed by atoms with van der Waals surface area (Å²) in [7, 11) is 1.60. The van der Waals surface area contributed by atoms with Crippen LogP contribution in [0.25, 0.3) is 0 Å². The zero-order valence-electron chi connectivity index (χ0n) is 16.7. The summed E-state index contributed by atoms with van der Waals surface area (Å²) in [6, 6.07) is 13.0. The van der Waals surface area contributed by atoms with Gasteiger partial charge in [0.2, 0.25) is 11.9 Å². The minimum Gasteiger partial charge on any atom is -0.355 e. The summed E-state index contributed by atoms with van der Waals surface area (Å²) < 4.78 is 0. The van der Waals surface area contributed by atoms with Gasteiger partial charge in [-0.05, 0) is 49.2 Å². The van der Waals surface area contributed by atoms with Crippen molar-refractivity contribution in [2.75, 3.05) is 23.0 Å². The second-order valence-corrected chi connectivity index (χ2v) is 7.02. The third-order valence-electron chi connectivity index (χ3n) is 4.88. The number of hydrogen-bond donors (Lipinski definition) is 4. The summed E-state index contributed by atoms with van der Waals surface area (Å²) in [6.45, 7) is 1.90. The van der Waals surface area contributed by atoms with Crippen molar-refractivity contribution >= 4 is 40.6 Å². The average molecular weight is 402 g/mol. The van der Waals surface area contributed by atoms with Crippen LogP contribution < -0.4 is 21.3 Å². The molecular weight excluding hydrogens is 380 g/mol. The fraction of sp³-hybridized carbons (Fsp3) is 0.182. The molecule has 4 N–H and O–H groups in total. The van der Waals surface area contributed by atoms with Gasteiger partial charge in [0.05, 0.1) is 11.3 Å². The number of para-hydroxylation sites is 1. The van der Waals surface area contributed by atoms with E-state index in [-0.39, 0.29) is 11.8 Å². The van der Waals surface area contributed by atoms with Crippen LogP contribution in [0.3, 0.4) is 0 Å². The summed E-state index contributed by atoms with van der Waals surface area (Å²) >= 11 is 0. The van der Waals surface area contributed by atoms with Gasteiger partial charge in [0.25, 0.3) is 5.91 Å². The number of benzene rings is 2. The van der Waals surface area contributed by atoms with Crippen LogP contribution in [0.2, 0.25) is 0 Å². The molecule has 0 bridgehead atoms. The molecule has 0 atom stereocenters. The van der Waals surface area contributed by atoms with Gasteiger partial charge in [0.1, 0.15) is 5.82 Å². The van der Waals surface area contributed by atoms with Crippen LogP contribution in [0, 0.1) is 6.92 Å². The Hall–Kier alpha value is -3.94. The molecule has 1 aliphatic heterocycles. The number of anilines is 5. The first-order chi connectivity index (χ1) is 14.5. The Morgan fingerprint density at radius 1 is 1.10 bits per heavy atom. The third kappa shape index (κ3) is 4.07. The molecule has 2 heterocycles. The summed E-state index contributed by atoms with van der Waals surface area (Å²) in [4.78, 5) is 32.6. The maximum Gasteiger partial charge on any atom is 0.253 e. The number of hydrogen-bond acceptors (Lipinski definition) is 6. The van der Waals surface area contributed by atoms with Crippen LogP contribution in [0.4, 0.5) is 28.8 Å². The molecule has 2 amide bonds. The number of nitrogens with one attached hydrogen (secondary N) is 4. The van der Waals surface area contributed by atoms with Crippen LogP contribution in [0.15, 0.2) is 48.7 Å². The molecule has 1 aliphatic rings. The number of carbonyl (C=O) groups is 2. The summed E-state index contributed by atoms with van der Waals surface area (Å²) in [6.07, 6.45) is 2.91. The predicted octanol–water partition coefficient (Wildman–Crippen LogP) is 3.52. The topological polar surface area (TPSA) is 108 Å². The summed E-state index contributed by atoms with van der Waals surface area (Å²) in [5, 5.41) is 12.0. The van der Waals surface area contributed by atoms with Crippen LogP contribution >= 0.6 is 0 Å². The van der Waals surface area contributed by atoms with Crippen molar-refractivity contribution in [2.45, 2.75) is 19.8 Å². The Kier molecular flexibility index (Phi) is 5.30. The molecule has 1 aromatic heterocycles. The van der Waals surface area contributed by atoms with Gasteiger partial charge in [-0.1, -0.05) is 12.1 Å². The predicted molar refractivity (Wildman–Crippen MR) is 117 cm³/mol. The highest BCUT2D eigenvalue weighted by Gasteiger charge is 2.15. The fourth-order valence-electron chi connectivity index (χ4n) is 3.27. The van der Waals surface area contributed by atoms with Gasteiger partial charge in [0, 0.05) is 36.6 Å². The van der Waals surface area contributed by atoms with Crippen molar-refractivity contribution in [2.24, 2.45) is 0 Å². The number of nitrogens with zero attached hydrogens (tertiary/aromatic N) is 2. The maximum absolute atomic E-state index is 12.1. The Bertz CT molecular complexity index is 1130.